The molecule has 9 heteroatoms. The highest BCUT2D eigenvalue weighted by Gasteiger charge is 2.35. The Bertz CT molecular complexity index is 1820. The second kappa shape index (κ2) is 7.79. The molecule has 0 aliphatic carbocycles. The lowest BCUT2D eigenvalue weighted by molar-refractivity contribution is 0.452. The Morgan fingerprint density at radius 3 is 2.39 bits per heavy atom. The van der Waals surface area contributed by atoms with Crippen molar-refractivity contribution >= 4 is 28.2 Å². The first-order valence-electron chi connectivity index (χ1n) is 11.3. The van der Waals surface area contributed by atoms with Gasteiger partial charge in [0.2, 0.25) is 0 Å². The second-order valence-corrected chi connectivity index (χ2v) is 9.28. The molecule has 0 saturated heterocycles. The third-order valence-electron chi connectivity index (χ3n) is 6.77. The van der Waals surface area contributed by atoms with E-state index in [0.717, 1.165) is 21.5 Å². The Morgan fingerprint density at radius 1 is 0.917 bits per heavy atom. The third-order valence-corrected chi connectivity index (χ3v) is 7.02. The number of halogens is 1. The van der Waals surface area contributed by atoms with Gasteiger partial charge in [0.25, 0.3) is 5.56 Å². The van der Waals surface area contributed by atoms with Crippen LogP contribution >= 0.6 is 11.6 Å². The van der Waals surface area contributed by atoms with Gasteiger partial charge < -0.3 is 20.1 Å². The summed E-state index contributed by atoms with van der Waals surface area (Å²) in [4.78, 5) is 26.7. The number of hydrogen-bond acceptors (Lipinski definition) is 5. The molecule has 0 unspecified atom stereocenters. The van der Waals surface area contributed by atoms with Gasteiger partial charge in [0, 0.05) is 24.7 Å². The summed E-state index contributed by atoms with van der Waals surface area (Å²) in [5.41, 5.74) is 3.40. The van der Waals surface area contributed by atoms with Crippen molar-refractivity contribution in [1.82, 2.24) is 13.7 Å². The maximum Gasteiger partial charge on any atom is 0.331 e. The van der Waals surface area contributed by atoms with Gasteiger partial charge in [-0.1, -0.05) is 35.9 Å². The molecular weight excluding hydrogens is 480 g/mol. The normalized spacial score (nSPS) is 14.4. The number of anilines is 1. The smallest absolute Gasteiger partial charge is 0.331 e. The molecule has 3 N–H and O–H groups in total. The van der Waals surface area contributed by atoms with Crippen molar-refractivity contribution in [3.05, 3.63) is 104 Å². The van der Waals surface area contributed by atoms with Gasteiger partial charge in [-0.05, 0) is 48.0 Å². The molecule has 0 amide bonds. The van der Waals surface area contributed by atoms with Crippen molar-refractivity contribution in [2.45, 2.75) is 6.04 Å². The molecule has 5 aromatic rings. The summed E-state index contributed by atoms with van der Waals surface area (Å²) in [6.45, 7) is 0. The number of benzene rings is 3. The summed E-state index contributed by atoms with van der Waals surface area (Å²) < 4.78 is 4.49. The number of nitrogens with zero attached hydrogens (tertiary/aromatic N) is 3. The Hall–Kier alpha value is -4.43. The van der Waals surface area contributed by atoms with Crippen molar-refractivity contribution in [2.24, 2.45) is 14.1 Å². The molecule has 180 valence electrons. The zero-order chi connectivity index (χ0) is 25.3. The number of hydrogen-bond donors (Lipinski definition) is 3. The van der Waals surface area contributed by atoms with Crippen LogP contribution in [0.1, 0.15) is 17.3 Å². The number of rotatable bonds is 2. The molecule has 0 bridgehead atoms. The van der Waals surface area contributed by atoms with Crippen LogP contribution in [0.5, 0.6) is 11.5 Å². The van der Waals surface area contributed by atoms with Gasteiger partial charge in [-0.3, -0.25) is 13.9 Å². The Kier molecular flexibility index (Phi) is 4.77. The van der Waals surface area contributed by atoms with E-state index >= 15 is 0 Å². The molecular formula is C27H21ClN4O4. The number of aromatic hydroxyl groups is 2. The molecule has 6 rings (SSSR count). The van der Waals surface area contributed by atoms with Crippen LogP contribution < -0.4 is 16.6 Å². The summed E-state index contributed by atoms with van der Waals surface area (Å²) in [6, 6.07) is 18.4. The fourth-order valence-electron chi connectivity index (χ4n) is 5.11. The lowest BCUT2D eigenvalue weighted by atomic mass is 9.98. The minimum Gasteiger partial charge on any atom is -0.508 e. The zero-order valence-electron chi connectivity index (χ0n) is 19.4. The lowest BCUT2D eigenvalue weighted by Crippen LogP contribution is -2.37. The van der Waals surface area contributed by atoms with Crippen LogP contribution in [0.4, 0.5) is 5.69 Å². The molecule has 1 aliphatic rings. The van der Waals surface area contributed by atoms with Gasteiger partial charge in [-0.15, -0.1) is 0 Å². The monoisotopic (exact) mass is 500 g/mol. The maximum absolute atomic E-state index is 13.7. The molecule has 1 aliphatic heterocycles. The number of nitrogens with one attached hydrogen (secondary N) is 1. The van der Waals surface area contributed by atoms with Gasteiger partial charge in [0.05, 0.1) is 39.7 Å². The van der Waals surface area contributed by atoms with E-state index in [9.17, 15) is 19.8 Å². The molecule has 0 spiro atoms. The van der Waals surface area contributed by atoms with Crippen LogP contribution in [0.15, 0.2) is 76.3 Å². The number of phenols is 2. The lowest BCUT2D eigenvalue weighted by Gasteiger charge is -2.31. The highest BCUT2D eigenvalue weighted by atomic mass is 35.5. The number of aryl methyl sites for hydroxylation is 1. The van der Waals surface area contributed by atoms with Crippen molar-refractivity contribution in [3.8, 4) is 28.4 Å². The summed E-state index contributed by atoms with van der Waals surface area (Å²) in [5, 5.41) is 25.4. The first-order valence-corrected chi connectivity index (χ1v) is 11.6. The van der Waals surface area contributed by atoms with Gasteiger partial charge >= 0.3 is 5.69 Å². The van der Waals surface area contributed by atoms with Crippen LogP contribution in [0.3, 0.4) is 0 Å². The van der Waals surface area contributed by atoms with E-state index in [1.165, 1.54) is 29.8 Å². The minimum absolute atomic E-state index is 0.0198. The van der Waals surface area contributed by atoms with E-state index in [0.29, 0.717) is 32.9 Å². The molecule has 0 fully saturated rings. The van der Waals surface area contributed by atoms with Gasteiger partial charge in [-0.2, -0.15) is 0 Å². The zero-order valence-corrected chi connectivity index (χ0v) is 20.1. The number of phenolic OH excluding ortho intramolecular Hbond substituents is 2. The second-order valence-electron chi connectivity index (χ2n) is 8.84. The summed E-state index contributed by atoms with van der Waals surface area (Å²) in [6.07, 6.45) is 0. The van der Waals surface area contributed by atoms with Crippen molar-refractivity contribution < 1.29 is 10.2 Å². The maximum atomic E-state index is 13.7. The van der Waals surface area contributed by atoms with E-state index in [1.54, 1.807) is 19.2 Å². The molecule has 0 radical (unpaired) electrons. The number of aromatic nitrogens is 3. The number of para-hydroxylation sites is 2. The molecule has 1 atom stereocenters. The van der Waals surface area contributed by atoms with Gasteiger partial charge in [0.15, 0.2) is 0 Å². The minimum atomic E-state index is -0.687. The summed E-state index contributed by atoms with van der Waals surface area (Å²) >= 11 is 6.17. The fourth-order valence-corrected chi connectivity index (χ4v) is 5.23. The molecule has 2 aromatic heterocycles. The first-order chi connectivity index (χ1) is 17.3. The average Bonchev–Trinajstić information content (AvgIpc) is 3.24. The van der Waals surface area contributed by atoms with E-state index < -0.39 is 17.3 Å². The number of fused-ring (bicyclic) bond motifs is 5. The third kappa shape index (κ3) is 3.01. The predicted molar refractivity (Wildman–Crippen MR) is 139 cm³/mol. The van der Waals surface area contributed by atoms with Gasteiger partial charge in [-0.25, -0.2) is 4.79 Å². The largest absolute Gasteiger partial charge is 0.508 e. The Balaban J connectivity index is 1.87. The molecule has 3 aromatic carbocycles. The van der Waals surface area contributed by atoms with Crippen molar-refractivity contribution in [1.29, 1.82) is 0 Å². The highest BCUT2D eigenvalue weighted by Crippen LogP contribution is 2.47. The first kappa shape index (κ1) is 22.1. The molecule has 8 nitrogen and oxygen atoms in total. The molecule has 3 heterocycles. The molecule has 0 saturated carbocycles. The summed E-state index contributed by atoms with van der Waals surface area (Å²) in [5.74, 6) is -0.0546. The SMILES string of the molecule is Cn1c(=O)c2c(-c3ccc(Cl)cc3)n3c(c2n(C)c1=O)[C@@H](c1cc(O)ccc1O)Nc1ccccc1-3. The highest BCUT2D eigenvalue weighted by molar-refractivity contribution is 6.30. The van der Waals surface area contributed by atoms with E-state index in [4.69, 9.17) is 11.6 Å². The van der Waals surface area contributed by atoms with E-state index in [2.05, 4.69) is 5.32 Å². The Morgan fingerprint density at radius 2 is 1.64 bits per heavy atom. The fraction of sp³-hybridized carbons (Fsp3) is 0.111. The van der Waals surface area contributed by atoms with Crippen LogP contribution in [0.25, 0.3) is 27.8 Å². The quantitative estimate of drug-likeness (QED) is 0.314. The Labute approximate surface area is 209 Å². The van der Waals surface area contributed by atoms with Gasteiger partial charge in [0.1, 0.15) is 11.5 Å². The topological polar surface area (TPSA) is 101 Å². The van der Waals surface area contributed by atoms with Crippen molar-refractivity contribution in [2.75, 3.05) is 5.32 Å². The molecule has 36 heavy (non-hydrogen) atoms. The van der Waals surface area contributed by atoms with E-state index in [-0.39, 0.29) is 11.5 Å². The predicted octanol–water partition coefficient (Wildman–Crippen LogP) is 4.27. The standard InChI is InChI=1S/C27H21ClN4O4/c1-30-24-21(26(35)31(2)27(30)36)23(14-7-9-15(28)10-8-14)32-19-6-4-3-5-18(19)29-22(25(24)32)17-13-16(33)11-12-20(17)34/h3-13,22,29,33-34H,1-2H3/t22-/m1/s1. The van der Waals surface area contributed by atoms with Crippen LogP contribution in [-0.4, -0.2) is 23.9 Å². The van der Waals surface area contributed by atoms with Crippen LogP contribution in [-0.2, 0) is 14.1 Å². The summed E-state index contributed by atoms with van der Waals surface area (Å²) in [7, 11) is 3.08. The van der Waals surface area contributed by atoms with E-state index in [1.807, 2.05) is 41.0 Å². The van der Waals surface area contributed by atoms with Crippen LogP contribution in [0.2, 0.25) is 5.02 Å². The van der Waals surface area contributed by atoms with Crippen molar-refractivity contribution in [3.63, 3.8) is 0 Å². The van der Waals surface area contributed by atoms with Crippen LogP contribution in [0, 0.1) is 0 Å². The average molecular weight is 501 g/mol.